The number of benzene rings is 2. The summed E-state index contributed by atoms with van der Waals surface area (Å²) in [6.45, 7) is 3.54. The zero-order chi connectivity index (χ0) is 28.9. The first kappa shape index (κ1) is 28.7. The minimum atomic E-state index is -4.64. The van der Waals surface area contributed by atoms with Crippen molar-refractivity contribution in [1.82, 2.24) is 20.2 Å². The summed E-state index contributed by atoms with van der Waals surface area (Å²) >= 11 is 0. The number of rotatable bonds is 10. The highest BCUT2D eigenvalue weighted by atomic mass is 19.4. The fourth-order valence-corrected chi connectivity index (χ4v) is 3.94. The highest BCUT2D eigenvalue weighted by Gasteiger charge is 2.34. The largest absolute Gasteiger partial charge is 0.494 e. The number of aromatic nitrogens is 4. The van der Waals surface area contributed by atoms with Gasteiger partial charge in [0.2, 0.25) is 5.82 Å². The van der Waals surface area contributed by atoms with E-state index in [-0.39, 0.29) is 47.4 Å². The molecule has 3 N–H and O–H groups in total. The van der Waals surface area contributed by atoms with Crippen molar-refractivity contribution in [2.45, 2.75) is 44.9 Å². The van der Waals surface area contributed by atoms with Gasteiger partial charge in [0, 0.05) is 12.6 Å². The van der Waals surface area contributed by atoms with Crippen molar-refractivity contribution < 1.29 is 32.2 Å². The second kappa shape index (κ2) is 11.8. The molecular formula is C28H27F4N5O3. The van der Waals surface area contributed by atoms with Crippen molar-refractivity contribution in [2.75, 3.05) is 11.9 Å². The number of anilines is 1. The van der Waals surface area contributed by atoms with Crippen LogP contribution in [-0.4, -0.2) is 43.4 Å². The van der Waals surface area contributed by atoms with Crippen LogP contribution in [-0.2, 0) is 12.6 Å². The van der Waals surface area contributed by atoms with E-state index in [4.69, 9.17) is 4.74 Å². The summed E-state index contributed by atoms with van der Waals surface area (Å²) in [5, 5.41) is 20.0. The van der Waals surface area contributed by atoms with Crippen LogP contribution in [0.5, 0.6) is 5.75 Å². The van der Waals surface area contributed by atoms with E-state index in [0.29, 0.717) is 18.4 Å². The minimum absolute atomic E-state index is 0.0147. The van der Waals surface area contributed by atoms with Gasteiger partial charge in [-0.05, 0) is 79.8 Å². The van der Waals surface area contributed by atoms with Gasteiger partial charge >= 0.3 is 6.18 Å². The molecule has 0 aliphatic carbocycles. The second-order valence-corrected chi connectivity index (χ2v) is 9.74. The van der Waals surface area contributed by atoms with E-state index in [9.17, 15) is 27.5 Å². The maximum Gasteiger partial charge on any atom is 0.417 e. The molecule has 0 unspecified atom stereocenters. The van der Waals surface area contributed by atoms with Crippen LogP contribution in [0.3, 0.4) is 0 Å². The van der Waals surface area contributed by atoms with Crippen molar-refractivity contribution in [3.8, 4) is 16.9 Å². The number of hydrogen-bond acceptors (Lipinski definition) is 6. The minimum Gasteiger partial charge on any atom is -0.494 e. The Morgan fingerprint density at radius 2 is 1.85 bits per heavy atom. The number of carbonyl (C=O) groups is 1. The van der Waals surface area contributed by atoms with Crippen molar-refractivity contribution in [3.63, 3.8) is 0 Å². The lowest BCUT2D eigenvalue weighted by Crippen LogP contribution is -2.19. The molecule has 2 heterocycles. The SMILES string of the molecule is CC(C)(O)CCCOc1ccc(C(F)(F)F)c(-c2ccnc(NC(=O)c3nnc(Cc4ccccc4F)[nH]3)c2)c1. The summed E-state index contributed by atoms with van der Waals surface area (Å²) < 4.78 is 61.0. The summed E-state index contributed by atoms with van der Waals surface area (Å²) in [4.78, 5) is 19.5. The molecule has 0 bridgehead atoms. The monoisotopic (exact) mass is 557 g/mol. The highest BCUT2D eigenvalue weighted by molar-refractivity contribution is 6.01. The molecule has 4 aromatic rings. The molecule has 0 aliphatic rings. The lowest BCUT2D eigenvalue weighted by atomic mass is 9.99. The standard InChI is InChI=1S/C28H27F4N5O3/c1-27(2,39)11-5-13-40-19-8-9-21(28(30,31)32)20(16-19)17-10-12-33-23(14-17)35-26(38)25-34-24(36-37-25)15-18-6-3-4-7-22(18)29/h3-4,6-10,12,14,16,39H,5,11,13,15H2,1-2H3,(H,33,35,38)(H,34,36,37). The van der Waals surface area contributed by atoms with Gasteiger partial charge in [0.15, 0.2) is 0 Å². The molecule has 0 spiro atoms. The number of carbonyl (C=O) groups excluding carboxylic acids is 1. The number of hydrogen-bond donors (Lipinski definition) is 3. The molecule has 0 saturated carbocycles. The molecule has 4 rings (SSSR count). The average molecular weight is 558 g/mol. The lowest BCUT2D eigenvalue weighted by Gasteiger charge is -2.18. The van der Waals surface area contributed by atoms with E-state index in [1.165, 1.54) is 36.5 Å². The van der Waals surface area contributed by atoms with Crippen LogP contribution < -0.4 is 10.1 Å². The van der Waals surface area contributed by atoms with Crippen LogP contribution in [0, 0.1) is 5.82 Å². The van der Waals surface area contributed by atoms with E-state index >= 15 is 0 Å². The third-order valence-electron chi connectivity index (χ3n) is 5.87. The third kappa shape index (κ3) is 7.63. The fourth-order valence-electron chi connectivity index (χ4n) is 3.94. The quantitative estimate of drug-likeness (QED) is 0.168. The molecule has 0 atom stereocenters. The van der Waals surface area contributed by atoms with E-state index in [2.05, 4.69) is 25.5 Å². The van der Waals surface area contributed by atoms with E-state index < -0.39 is 29.1 Å². The Morgan fingerprint density at radius 3 is 2.58 bits per heavy atom. The van der Waals surface area contributed by atoms with Crippen molar-refractivity contribution in [1.29, 1.82) is 0 Å². The van der Waals surface area contributed by atoms with Crippen LogP contribution in [0.4, 0.5) is 23.4 Å². The number of H-pyrrole nitrogens is 1. The van der Waals surface area contributed by atoms with Gasteiger partial charge in [0.25, 0.3) is 5.91 Å². The Bertz CT molecular complexity index is 1480. The number of amides is 1. The first-order valence-electron chi connectivity index (χ1n) is 12.4. The van der Waals surface area contributed by atoms with Crippen molar-refractivity contribution in [2.24, 2.45) is 0 Å². The first-order chi connectivity index (χ1) is 18.9. The van der Waals surface area contributed by atoms with Crippen LogP contribution >= 0.6 is 0 Å². The van der Waals surface area contributed by atoms with Gasteiger partial charge in [0.1, 0.15) is 23.2 Å². The van der Waals surface area contributed by atoms with Gasteiger partial charge in [-0.25, -0.2) is 9.37 Å². The molecule has 40 heavy (non-hydrogen) atoms. The topological polar surface area (TPSA) is 113 Å². The smallest absolute Gasteiger partial charge is 0.417 e. The Kier molecular flexibility index (Phi) is 8.48. The Hall–Kier alpha value is -4.32. The molecule has 8 nitrogen and oxygen atoms in total. The van der Waals surface area contributed by atoms with Crippen molar-refractivity contribution >= 4 is 11.7 Å². The van der Waals surface area contributed by atoms with Gasteiger partial charge < -0.3 is 20.1 Å². The zero-order valence-corrected chi connectivity index (χ0v) is 21.7. The van der Waals surface area contributed by atoms with E-state index in [0.717, 1.165) is 6.07 Å². The second-order valence-electron chi connectivity index (χ2n) is 9.74. The molecule has 2 aromatic heterocycles. The third-order valence-corrected chi connectivity index (χ3v) is 5.87. The van der Waals surface area contributed by atoms with Gasteiger partial charge in [-0.15, -0.1) is 10.2 Å². The summed E-state index contributed by atoms with van der Waals surface area (Å²) in [6, 6.07) is 12.3. The number of ether oxygens (including phenoxy) is 1. The van der Waals surface area contributed by atoms with Gasteiger partial charge in [-0.2, -0.15) is 13.2 Å². The molecule has 0 saturated heterocycles. The molecule has 0 fully saturated rings. The van der Waals surface area contributed by atoms with Crippen LogP contribution in [0.2, 0.25) is 0 Å². The van der Waals surface area contributed by atoms with Crippen LogP contribution in [0.1, 0.15) is 54.3 Å². The number of nitrogens with zero attached hydrogens (tertiary/aromatic N) is 3. The van der Waals surface area contributed by atoms with Gasteiger partial charge in [-0.1, -0.05) is 18.2 Å². The zero-order valence-electron chi connectivity index (χ0n) is 21.7. The normalized spacial score (nSPS) is 11.9. The number of aromatic amines is 1. The lowest BCUT2D eigenvalue weighted by molar-refractivity contribution is -0.137. The molecule has 1 amide bonds. The number of halogens is 4. The maximum absolute atomic E-state index is 13.9. The van der Waals surface area contributed by atoms with Crippen molar-refractivity contribution in [3.05, 3.63) is 89.4 Å². The predicted molar refractivity (Wildman–Crippen MR) is 139 cm³/mol. The number of nitrogens with one attached hydrogen (secondary N) is 2. The number of pyridine rings is 1. The first-order valence-corrected chi connectivity index (χ1v) is 12.4. The number of aliphatic hydroxyl groups is 1. The van der Waals surface area contributed by atoms with Gasteiger partial charge in [-0.3, -0.25) is 4.79 Å². The Labute approximate surface area is 227 Å². The Balaban J connectivity index is 1.51. The molecule has 210 valence electrons. The van der Waals surface area contributed by atoms with Crippen LogP contribution in [0.25, 0.3) is 11.1 Å². The predicted octanol–water partition coefficient (Wildman–Crippen LogP) is 5.80. The molecule has 0 aliphatic heterocycles. The summed E-state index contributed by atoms with van der Waals surface area (Å²) in [7, 11) is 0. The molecule has 2 aromatic carbocycles. The fraction of sp³-hybridized carbons (Fsp3) is 0.286. The molecular weight excluding hydrogens is 530 g/mol. The summed E-state index contributed by atoms with van der Waals surface area (Å²) in [5.41, 5.74) is -1.40. The van der Waals surface area contributed by atoms with Gasteiger partial charge in [0.05, 0.1) is 17.8 Å². The van der Waals surface area contributed by atoms with E-state index in [1.807, 2.05) is 0 Å². The Morgan fingerprint density at radius 1 is 1.07 bits per heavy atom. The number of alkyl halides is 3. The molecule has 0 radical (unpaired) electrons. The maximum atomic E-state index is 13.9. The summed E-state index contributed by atoms with van der Waals surface area (Å²) in [5.74, 6) is -0.851. The highest BCUT2D eigenvalue weighted by Crippen LogP contribution is 2.39. The average Bonchev–Trinajstić information content (AvgIpc) is 3.36. The summed E-state index contributed by atoms with van der Waals surface area (Å²) in [6.07, 6.45) is -2.32. The van der Waals surface area contributed by atoms with Crippen LogP contribution in [0.15, 0.2) is 60.8 Å². The van der Waals surface area contributed by atoms with E-state index in [1.54, 1.807) is 32.0 Å². The molecule has 12 heteroatoms.